The highest BCUT2D eigenvalue weighted by Crippen LogP contribution is 2.25. The molecule has 2 rings (SSSR count). The van der Waals surface area contributed by atoms with Crippen molar-refractivity contribution in [3.05, 3.63) is 48.0 Å². The molecule has 2 atom stereocenters. The lowest BCUT2D eigenvalue weighted by Crippen LogP contribution is -2.32. The van der Waals surface area contributed by atoms with Crippen LogP contribution in [0.4, 0.5) is 0 Å². The Labute approximate surface area is 125 Å². The Bertz CT molecular complexity index is 467. The first kappa shape index (κ1) is 15.7. The second kappa shape index (κ2) is 7.96. The Balaban J connectivity index is 1.69. The maximum atomic E-state index is 11.0. The predicted octanol–water partition coefficient (Wildman–Crippen LogP) is 3.22. The van der Waals surface area contributed by atoms with E-state index in [0.717, 1.165) is 24.0 Å². The summed E-state index contributed by atoms with van der Waals surface area (Å²) < 4.78 is 16.5. The van der Waals surface area contributed by atoms with E-state index in [2.05, 4.69) is 6.58 Å². The number of rotatable bonds is 6. The third-order valence-electron chi connectivity index (χ3n) is 3.31. The Morgan fingerprint density at radius 1 is 1.33 bits per heavy atom. The molecule has 1 aromatic carbocycles. The highest BCUT2D eigenvalue weighted by molar-refractivity contribution is 5.66. The van der Waals surface area contributed by atoms with Crippen LogP contribution in [0.15, 0.2) is 42.5 Å². The molecule has 1 saturated heterocycles. The number of hydrogen-bond donors (Lipinski definition) is 0. The fourth-order valence-electron chi connectivity index (χ4n) is 2.36. The Hall–Kier alpha value is -1.65. The van der Waals surface area contributed by atoms with E-state index >= 15 is 0 Å². The number of ether oxygens (including phenoxy) is 3. The van der Waals surface area contributed by atoms with Gasteiger partial charge in [0, 0.05) is 20.0 Å². The average Bonchev–Trinajstić information content (AvgIpc) is 2.43. The van der Waals surface area contributed by atoms with Crippen LogP contribution >= 0.6 is 0 Å². The highest BCUT2D eigenvalue weighted by atomic mass is 16.7. The fraction of sp³-hybridized carbons (Fsp3) is 0.471. The topological polar surface area (TPSA) is 44.8 Å². The van der Waals surface area contributed by atoms with E-state index in [9.17, 15) is 4.79 Å². The van der Waals surface area contributed by atoms with E-state index in [1.165, 1.54) is 6.92 Å². The van der Waals surface area contributed by atoms with Crippen LogP contribution in [0.2, 0.25) is 0 Å². The molecule has 0 saturated carbocycles. The molecule has 4 heteroatoms. The lowest BCUT2D eigenvalue weighted by Gasteiger charge is -2.30. The van der Waals surface area contributed by atoms with Gasteiger partial charge in [0.25, 0.3) is 0 Å². The molecule has 0 radical (unpaired) electrons. The van der Waals surface area contributed by atoms with Crippen molar-refractivity contribution < 1.29 is 19.0 Å². The number of carbonyl (C=O) groups is 1. The van der Waals surface area contributed by atoms with Gasteiger partial charge in [0.15, 0.2) is 0 Å². The lowest BCUT2D eigenvalue weighted by atomic mass is 10.0. The third-order valence-corrected chi connectivity index (χ3v) is 3.31. The van der Waals surface area contributed by atoms with Crippen molar-refractivity contribution in [2.24, 2.45) is 0 Å². The Morgan fingerprint density at radius 2 is 2.10 bits per heavy atom. The zero-order chi connectivity index (χ0) is 15.1. The minimum Gasteiger partial charge on any atom is -0.436 e. The monoisotopic (exact) mass is 290 g/mol. The Kier molecular flexibility index (Phi) is 5.96. The van der Waals surface area contributed by atoms with E-state index in [0.29, 0.717) is 19.6 Å². The van der Waals surface area contributed by atoms with Gasteiger partial charge >= 0.3 is 5.97 Å². The van der Waals surface area contributed by atoms with Crippen molar-refractivity contribution in [3.63, 3.8) is 0 Å². The summed E-state index contributed by atoms with van der Waals surface area (Å²) in [5.41, 5.74) is 2.21. The van der Waals surface area contributed by atoms with Crippen molar-refractivity contribution in [2.75, 3.05) is 6.61 Å². The molecule has 1 heterocycles. The van der Waals surface area contributed by atoms with E-state index < -0.39 is 6.29 Å². The molecule has 1 unspecified atom stereocenters. The van der Waals surface area contributed by atoms with Gasteiger partial charge in [-0.3, -0.25) is 4.79 Å². The van der Waals surface area contributed by atoms with Gasteiger partial charge in [-0.1, -0.05) is 42.5 Å². The van der Waals surface area contributed by atoms with Gasteiger partial charge in [0.1, 0.15) is 0 Å². The molecule has 114 valence electrons. The van der Waals surface area contributed by atoms with Crippen LogP contribution in [0.3, 0.4) is 0 Å². The van der Waals surface area contributed by atoms with Gasteiger partial charge in [-0.15, -0.1) is 0 Å². The highest BCUT2D eigenvalue weighted by Gasteiger charge is 2.26. The van der Waals surface area contributed by atoms with Gasteiger partial charge in [0.2, 0.25) is 6.29 Å². The molecular formula is C17H22O4. The van der Waals surface area contributed by atoms with Crippen LogP contribution in [0, 0.1) is 0 Å². The standard InChI is InChI=1S/C17H22O4/c1-13-10-16(21-17(11-13)20-14(2)18)8-9-19-12-15-6-4-3-5-7-15/h3-7,16-17H,1,8-12H2,2H3/t16-,17?/m0/s1. The average molecular weight is 290 g/mol. The lowest BCUT2D eigenvalue weighted by molar-refractivity contribution is -0.195. The van der Waals surface area contributed by atoms with Crippen LogP contribution in [0.1, 0.15) is 31.7 Å². The number of hydrogen-bond acceptors (Lipinski definition) is 4. The second-order valence-corrected chi connectivity index (χ2v) is 5.28. The molecule has 1 aliphatic heterocycles. The van der Waals surface area contributed by atoms with Gasteiger partial charge in [-0.25, -0.2) is 0 Å². The van der Waals surface area contributed by atoms with Crippen molar-refractivity contribution >= 4 is 5.97 Å². The van der Waals surface area contributed by atoms with Gasteiger partial charge in [-0.2, -0.15) is 0 Å². The predicted molar refractivity (Wildman–Crippen MR) is 79.5 cm³/mol. The van der Waals surface area contributed by atoms with Gasteiger partial charge < -0.3 is 14.2 Å². The van der Waals surface area contributed by atoms with Gasteiger partial charge in [0.05, 0.1) is 12.7 Å². The zero-order valence-corrected chi connectivity index (χ0v) is 12.4. The van der Waals surface area contributed by atoms with E-state index in [4.69, 9.17) is 14.2 Å². The summed E-state index contributed by atoms with van der Waals surface area (Å²) in [5.74, 6) is -0.325. The molecule has 0 aromatic heterocycles. The molecule has 1 aliphatic rings. The molecule has 0 aliphatic carbocycles. The normalized spacial score (nSPS) is 22.0. The van der Waals surface area contributed by atoms with Crippen LogP contribution in [0.5, 0.6) is 0 Å². The summed E-state index contributed by atoms with van der Waals surface area (Å²) in [5, 5.41) is 0. The smallest absolute Gasteiger partial charge is 0.304 e. The maximum absolute atomic E-state index is 11.0. The summed E-state index contributed by atoms with van der Waals surface area (Å²) in [4.78, 5) is 11.0. The zero-order valence-electron chi connectivity index (χ0n) is 12.4. The number of carbonyl (C=O) groups excluding carboxylic acids is 1. The summed E-state index contributed by atoms with van der Waals surface area (Å²) >= 11 is 0. The van der Waals surface area contributed by atoms with Crippen molar-refractivity contribution in [3.8, 4) is 0 Å². The molecule has 0 spiro atoms. The van der Waals surface area contributed by atoms with Crippen molar-refractivity contribution in [1.29, 1.82) is 0 Å². The van der Waals surface area contributed by atoms with Crippen LogP contribution < -0.4 is 0 Å². The molecule has 1 fully saturated rings. The van der Waals surface area contributed by atoms with Crippen LogP contribution in [-0.2, 0) is 25.6 Å². The third kappa shape index (κ3) is 5.69. The number of esters is 1. The summed E-state index contributed by atoms with van der Waals surface area (Å²) in [6.45, 7) is 6.58. The second-order valence-electron chi connectivity index (χ2n) is 5.28. The van der Waals surface area contributed by atoms with Crippen molar-refractivity contribution in [2.45, 2.75) is 45.2 Å². The van der Waals surface area contributed by atoms with E-state index in [-0.39, 0.29) is 12.1 Å². The summed E-state index contributed by atoms with van der Waals surface area (Å²) in [7, 11) is 0. The molecule has 0 N–H and O–H groups in total. The molecule has 1 aromatic rings. The fourth-order valence-corrected chi connectivity index (χ4v) is 2.36. The first-order valence-corrected chi connectivity index (χ1v) is 7.24. The quantitative estimate of drug-likeness (QED) is 0.458. The summed E-state index contributed by atoms with van der Waals surface area (Å²) in [6.07, 6.45) is 1.66. The maximum Gasteiger partial charge on any atom is 0.304 e. The minimum absolute atomic E-state index is 0.00590. The van der Waals surface area contributed by atoms with E-state index in [1.54, 1.807) is 0 Å². The Morgan fingerprint density at radius 3 is 2.81 bits per heavy atom. The van der Waals surface area contributed by atoms with Crippen LogP contribution in [-0.4, -0.2) is 25.0 Å². The van der Waals surface area contributed by atoms with E-state index in [1.807, 2.05) is 30.3 Å². The SMILES string of the molecule is C=C1CC(OC(C)=O)O[C@@H](CCOCc2ccccc2)C1. The largest absolute Gasteiger partial charge is 0.436 e. The first-order valence-electron chi connectivity index (χ1n) is 7.24. The molecule has 0 amide bonds. The van der Waals surface area contributed by atoms with Crippen LogP contribution in [0.25, 0.3) is 0 Å². The number of benzene rings is 1. The van der Waals surface area contributed by atoms with Gasteiger partial charge in [-0.05, 0) is 18.4 Å². The first-order chi connectivity index (χ1) is 10.1. The molecule has 21 heavy (non-hydrogen) atoms. The molecular weight excluding hydrogens is 268 g/mol. The summed E-state index contributed by atoms with van der Waals surface area (Å²) in [6, 6.07) is 10.1. The minimum atomic E-state index is -0.497. The van der Waals surface area contributed by atoms with Crippen molar-refractivity contribution in [1.82, 2.24) is 0 Å². The molecule has 0 bridgehead atoms. The molecule has 4 nitrogen and oxygen atoms in total.